The minimum Gasteiger partial charge on any atom is -0.467 e. The Kier molecular flexibility index (Phi) is 6.51. The fraction of sp³-hybridized carbons (Fsp3) is 0.290. The molecule has 1 atom stereocenters. The van der Waals surface area contributed by atoms with Crippen molar-refractivity contribution in [3.05, 3.63) is 91.5 Å². The maximum Gasteiger partial charge on any atom is 0.339 e. The van der Waals surface area contributed by atoms with E-state index in [0.29, 0.717) is 40.3 Å². The molecular weight excluding hydrogens is 560 g/mol. The molecule has 0 spiro atoms. The van der Waals surface area contributed by atoms with Crippen LogP contribution in [-0.2, 0) is 27.4 Å². The summed E-state index contributed by atoms with van der Waals surface area (Å²) in [5, 5.41) is 13.5. The maximum atomic E-state index is 14.3. The normalized spacial score (nSPS) is 13.7. The molecule has 0 saturated heterocycles. The number of carbonyl (C=O) groups is 1. The fourth-order valence-electron chi connectivity index (χ4n) is 6.02. The first-order chi connectivity index (χ1) is 19.9. The molecule has 3 heterocycles. The highest BCUT2D eigenvalue weighted by molar-refractivity contribution is 6.30. The molecule has 0 amide bonds. The molecule has 0 N–H and O–H groups in total. The van der Waals surface area contributed by atoms with E-state index in [9.17, 15) is 19.7 Å². The molecule has 0 unspecified atom stereocenters. The number of benzene rings is 3. The summed E-state index contributed by atoms with van der Waals surface area (Å²) < 4.78 is 16.8. The molecule has 216 valence electrons. The van der Waals surface area contributed by atoms with Gasteiger partial charge in [0.1, 0.15) is 5.69 Å². The molecule has 10 nitrogen and oxygen atoms in total. The number of esters is 1. The molecule has 1 aliphatic rings. The van der Waals surface area contributed by atoms with E-state index >= 15 is 0 Å². The van der Waals surface area contributed by atoms with Crippen LogP contribution in [0, 0.1) is 17.0 Å². The first-order valence-corrected chi connectivity index (χ1v) is 13.9. The quantitative estimate of drug-likeness (QED) is 0.130. The van der Waals surface area contributed by atoms with Gasteiger partial charge >= 0.3 is 11.7 Å². The van der Waals surface area contributed by atoms with Crippen LogP contribution in [0.3, 0.4) is 0 Å². The van der Waals surface area contributed by atoms with E-state index in [0.717, 1.165) is 22.2 Å². The Balaban J connectivity index is 1.92. The average Bonchev–Trinajstić information content (AvgIpc) is 3.44. The number of para-hydroxylation sites is 2. The second-order valence-electron chi connectivity index (χ2n) is 11.3. The lowest BCUT2D eigenvalue weighted by Crippen LogP contribution is -2.29. The van der Waals surface area contributed by atoms with Crippen molar-refractivity contribution in [3.63, 3.8) is 0 Å². The summed E-state index contributed by atoms with van der Waals surface area (Å²) in [6.45, 7) is 8.35. The third kappa shape index (κ3) is 4.21. The molecule has 11 heteroatoms. The summed E-state index contributed by atoms with van der Waals surface area (Å²) >= 11 is 6.27. The minimum absolute atomic E-state index is 0.0926. The highest BCUT2D eigenvalue weighted by Crippen LogP contribution is 2.47. The van der Waals surface area contributed by atoms with Crippen LogP contribution in [0.4, 0.5) is 5.69 Å². The van der Waals surface area contributed by atoms with Gasteiger partial charge in [-0.2, -0.15) is 0 Å². The smallest absolute Gasteiger partial charge is 0.339 e. The van der Waals surface area contributed by atoms with E-state index in [1.54, 1.807) is 34.9 Å². The summed E-state index contributed by atoms with van der Waals surface area (Å²) in [6.07, 6.45) is -1.28. The lowest BCUT2D eigenvalue weighted by Gasteiger charge is -2.29. The number of carbonyl (C=O) groups excluding carboxylic acids is 1. The number of aryl methyl sites for hydroxylation is 3. The fourth-order valence-corrected chi connectivity index (χ4v) is 6.14. The standard InChI is InChI=1S/C31H29ClN4O6/c1-17-16-20-23(18-10-12-19(32)13-11-18)24(28(29(37)41-5)42-31(2,3)4)26-27-25(20)33(17)14-15-34(27)30(38)35(26)21-8-6-7-9-22(21)36(39)40/h6-13,16,28H,14-15H2,1-5H3/t28-/m0/s1. The van der Waals surface area contributed by atoms with E-state index in [-0.39, 0.29) is 11.4 Å². The topological polar surface area (TPSA) is 111 Å². The summed E-state index contributed by atoms with van der Waals surface area (Å²) in [7, 11) is 1.28. The summed E-state index contributed by atoms with van der Waals surface area (Å²) in [4.78, 5) is 39.6. The monoisotopic (exact) mass is 588 g/mol. The Labute approximate surface area is 245 Å². The number of nitro groups is 1. The Bertz CT molecular complexity index is 1980. The Morgan fingerprint density at radius 2 is 1.69 bits per heavy atom. The van der Waals surface area contributed by atoms with Gasteiger partial charge in [0.05, 0.1) is 34.2 Å². The highest BCUT2D eigenvalue weighted by Gasteiger charge is 2.38. The van der Waals surface area contributed by atoms with Gasteiger partial charge in [-0.1, -0.05) is 35.9 Å². The lowest BCUT2D eigenvalue weighted by atomic mass is 9.90. The van der Waals surface area contributed by atoms with Crippen molar-refractivity contribution in [2.75, 3.05) is 7.11 Å². The number of aromatic nitrogens is 3. The van der Waals surface area contributed by atoms with E-state index in [1.165, 1.54) is 17.7 Å². The number of ether oxygens (including phenoxy) is 2. The number of hydrogen-bond acceptors (Lipinski definition) is 6. The molecular formula is C31H29ClN4O6. The molecule has 0 saturated carbocycles. The SMILES string of the molecule is COC(=O)[C@@H](OC(C)(C)C)c1c(-c2ccc(Cl)cc2)c2cc(C)n3c2c2c1n(-c1ccccc1[N+](=O)[O-])c(=O)n2CC3. The van der Waals surface area contributed by atoms with Crippen LogP contribution in [0.1, 0.15) is 38.1 Å². The third-order valence-electron chi connectivity index (χ3n) is 7.61. The van der Waals surface area contributed by atoms with Gasteiger partial charge in [-0.25, -0.2) is 9.59 Å². The highest BCUT2D eigenvalue weighted by atomic mass is 35.5. The molecule has 5 aromatic rings. The molecule has 0 aliphatic carbocycles. The first kappa shape index (κ1) is 27.7. The molecule has 0 radical (unpaired) electrons. The maximum absolute atomic E-state index is 14.3. The number of rotatable bonds is 6. The van der Waals surface area contributed by atoms with Gasteiger partial charge in [0, 0.05) is 40.8 Å². The van der Waals surface area contributed by atoms with Crippen LogP contribution < -0.4 is 5.69 Å². The van der Waals surface area contributed by atoms with Crippen LogP contribution >= 0.6 is 11.6 Å². The van der Waals surface area contributed by atoms with Gasteiger partial charge in [-0.05, 0) is 63.1 Å². The second-order valence-corrected chi connectivity index (χ2v) is 11.8. The largest absolute Gasteiger partial charge is 0.467 e. The van der Waals surface area contributed by atoms with Gasteiger partial charge in [0.25, 0.3) is 5.69 Å². The third-order valence-corrected chi connectivity index (χ3v) is 7.86. The van der Waals surface area contributed by atoms with E-state index in [1.807, 2.05) is 45.9 Å². The van der Waals surface area contributed by atoms with Gasteiger partial charge in [0.2, 0.25) is 0 Å². The van der Waals surface area contributed by atoms with Crippen LogP contribution in [0.2, 0.25) is 5.02 Å². The number of imidazole rings is 1. The number of methoxy groups -OCH3 is 1. The van der Waals surface area contributed by atoms with Crippen LogP contribution in [0.15, 0.2) is 59.4 Å². The Morgan fingerprint density at radius 3 is 2.33 bits per heavy atom. The van der Waals surface area contributed by atoms with Crippen LogP contribution in [0.5, 0.6) is 0 Å². The predicted octanol–water partition coefficient (Wildman–Crippen LogP) is 6.33. The van der Waals surface area contributed by atoms with E-state index in [4.69, 9.17) is 21.1 Å². The van der Waals surface area contributed by atoms with Crippen molar-refractivity contribution in [2.45, 2.75) is 52.5 Å². The number of hydrogen-bond donors (Lipinski definition) is 0. The summed E-state index contributed by atoms with van der Waals surface area (Å²) in [5.74, 6) is -0.664. The zero-order chi connectivity index (χ0) is 30.1. The van der Waals surface area contributed by atoms with Crippen molar-refractivity contribution in [1.82, 2.24) is 13.7 Å². The summed E-state index contributed by atoms with van der Waals surface area (Å²) in [5.41, 5.74) is 3.08. The zero-order valence-electron chi connectivity index (χ0n) is 23.8. The number of halogens is 1. The van der Waals surface area contributed by atoms with Gasteiger partial charge in [-0.3, -0.25) is 19.2 Å². The minimum atomic E-state index is -1.28. The van der Waals surface area contributed by atoms with Gasteiger partial charge < -0.3 is 14.0 Å². The number of nitrogens with zero attached hydrogens (tertiary/aromatic N) is 4. The second kappa shape index (κ2) is 9.85. The van der Waals surface area contributed by atoms with Crippen molar-refractivity contribution >= 4 is 45.2 Å². The van der Waals surface area contributed by atoms with Crippen LogP contribution in [0.25, 0.3) is 38.8 Å². The molecule has 1 aliphatic heterocycles. The van der Waals surface area contributed by atoms with Crippen LogP contribution in [-0.4, -0.2) is 37.3 Å². The van der Waals surface area contributed by atoms with Crippen molar-refractivity contribution in [2.24, 2.45) is 0 Å². The van der Waals surface area contributed by atoms with Gasteiger partial charge in [-0.15, -0.1) is 0 Å². The molecule has 42 heavy (non-hydrogen) atoms. The van der Waals surface area contributed by atoms with Gasteiger partial charge in [0.15, 0.2) is 6.10 Å². The molecule has 6 rings (SSSR count). The Morgan fingerprint density at radius 1 is 1.02 bits per heavy atom. The summed E-state index contributed by atoms with van der Waals surface area (Å²) in [6, 6.07) is 15.3. The van der Waals surface area contributed by atoms with E-state index < -0.39 is 28.3 Å². The Hall–Kier alpha value is -4.41. The molecule has 3 aromatic carbocycles. The molecule has 0 bridgehead atoms. The van der Waals surface area contributed by atoms with Crippen molar-refractivity contribution in [1.29, 1.82) is 0 Å². The van der Waals surface area contributed by atoms with Crippen molar-refractivity contribution < 1.29 is 19.2 Å². The van der Waals surface area contributed by atoms with E-state index in [2.05, 4.69) is 4.57 Å². The zero-order valence-corrected chi connectivity index (χ0v) is 24.6. The number of nitro benzene ring substituents is 1. The first-order valence-electron chi connectivity index (χ1n) is 13.5. The predicted molar refractivity (Wildman–Crippen MR) is 160 cm³/mol. The lowest BCUT2D eigenvalue weighted by molar-refractivity contribution is -0.384. The van der Waals surface area contributed by atoms with Crippen molar-refractivity contribution in [3.8, 4) is 16.8 Å². The molecule has 2 aromatic heterocycles. The molecule has 0 fully saturated rings. The average molecular weight is 589 g/mol.